The third-order valence-electron chi connectivity index (χ3n) is 7.93. The van der Waals surface area contributed by atoms with Gasteiger partial charge in [-0.25, -0.2) is 0 Å². The molecule has 3 fully saturated rings. The average Bonchev–Trinajstić information content (AvgIpc) is 3.06. The Kier molecular flexibility index (Phi) is 16.9. The van der Waals surface area contributed by atoms with Gasteiger partial charge in [-0.1, -0.05) is 0 Å². The standard InChI is InChI=1S/C33H46O23/c1-12(34)44-10-21-24(47-14(3)36)27(49-16(5)38)29(51-18(7)40)32(54-21)53-20-9-46-31(43)26(23(20)42)56-33-30(52-19(8)41)28(50-17(6)39)25(48-15(4)37)22(55-33)11-45-13(2)35/h20-33,42-43H,9-11H2,1-8H3/t20-,21+,22+,23-,24+,25+,26+,27-,28-,29+,30+,31+,32+,33-/m0/s1. The summed E-state index contributed by atoms with van der Waals surface area (Å²) in [5.74, 6) is -7.08. The number of carbonyl (C=O) groups excluding carboxylic acids is 8. The molecule has 3 aliphatic heterocycles. The highest BCUT2D eigenvalue weighted by atomic mass is 16.8. The number of hydrogen-bond acceptors (Lipinski definition) is 23. The third kappa shape index (κ3) is 13.0. The second kappa shape index (κ2) is 20.6. The summed E-state index contributed by atoms with van der Waals surface area (Å²) in [7, 11) is 0. The van der Waals surface area contributed by atoms with Gasteiger partial charge in [0.25, 0.3) is 0 Å². The summed E-state index contributed by atoms with van der Waals surface area (Å²) < 4.78 is 71.4. The van der Waals surface area contributed by atoms with E-state index in [1.165, 1.54) is 0 Å². The maximum Gasteiger partial charge on any atom is 0.303 e. The Morgan fingerprint density at radius 3 is 1.16 bits per heavy atom. The molecule has 56 heavy (non-hydrogen) atoms. The lowest BCUT2D eigenvalue weighted by Gasteiger charge is -2.48. The Morgan fingerprint density at radius 1 is 0.464 bits per heavy atom. The Bertz CT molecular complexity index is 1450. The predicted octanol–water partition coefficient (Wildman–Crippen LogP) is -2.37. The number of rotatable bonds is 14. The van der Waals surface area contributed by atoms with Gasteiger partial charge in [0.15, 0.2) is 55.5 Å². The number of aliphatic hydroxyl groups excluding tert-OH is 2. The Balaban J connectivity index is 2.01. The van der Waals surface area contributed by atoms with Crippen molar-refractivity contribution in [2.45, 2.75) is 141 Å². The monoisotopic (exact) mass is 810 g/mol. The van der Waals surface area contributed by atoms with Crippen LogP contribution in [0.5, 0.6) is 0 Å². The first kappa shape index (κ1) is 45.9. The largest absolute Gasteiger partial charge is 0.463 e. The lowest BCUT2D eigenvalue weighted by molar-refractivity contribution is -0.370. The number of aliphatic hydroxyl groups is 2. The first-order valence-electron chi connectivity index (χ1n) is 17.1. The first-order chi connectivity index (χ1) is 26.2. The van der Waals surface area contributed by atoms with Crippen molar-refractivity contribution in [1.82, 2.24) is 0 Å². The normalized spacial score (nSPS) is 34.1. The van der Waals surface area contributed by atoms with Gasteiger partial charge in [-0.05, 0) is 0 Å². The molecule has 0 bridgehead atoms. The molecule has 0 aromatic carbocycles. The quantitative estimate of drug-likeness (QED) is 0.137. The molecule has 0 unspecified atom stereocenters. The van der Waals surface area contributed by atoms with Crippen LogP contribution in [0, 0.1) is 0 Å². The number of carbonyl (C=O) groups is 8. The summed E-state index contributed by atoms with van der Waals surface area (Å²) in [5, 5.41) is 22.5. The number of esters is 8. The molecule has 3 heterocycles. The van der Waals surface area contributed by atoms with E-state index in [9.17, 15) is 48.6 Å². The van der Waals surface area contributed by atoms with Gasteiger partial charge in [0.1, 0.15) is 43.7 Å². The molecular formula is C33H46O23. The van der Waals surface area contributed by atoms with Gasteiger partial charge < -0.3 is 71.8 Å². The lowest BCUT2D eigenvalue weighted by Crippen LogP contribution is -2.66. The molecule has 316 valence electrons. The lowest BCUT2D eigenvalue weighted by atomic mass is 9.97. The molecule has 0 radical (unpaired) electrons. The molecule has 2 N–H and O–H groups in total. The fourth-order valence-corrected chi connectivity index (χ4v) is 5.96. The van der Waals surface area contributed by atoms with Crippen LogP contribution in [-0.4, -0.2) is 164 Å². The highest BCUT2D eigenvalue weighted by Crippen LogP contribution is 2.35. The van der Waals surface area contributed by atoms with Crippen LogP contribution in [-0.2, 0) is 99.9 Å². The third-order valence-corrected chi connectivity index (χ3v) is 7.93. The minimum atomic E-state index is -1.97. The molecule has 0 spiro atoms. The van der Waals surface area contributed by atoms with Gasteiger partial charge >= 0.3 is 47.8 Å². The van der Waals surface area contributed by atoms with Crippen LogP contribution >= 0.6 is 0 Å². The summed E-state index contributed by atoms with van der Waals surface area (Å²) in [6, 6.07) is 0. The summed E-state index contributed by atoms with van der Waals surface area (Å²) in [4.78, 5) is 96.5. The predicted molar refractivity (Wildman–Crippen MR) is 172 cm³/mol. The molecule has 0 amide bonds. The van der Waals surface area contributed by atoms with Crippen molar-refractivity contribution in [3.05, 3.63) is 0 Å². The average molecular weight is 811 g/mol. The van der Waals surface area contributed by atoms with E-state index in [1.54, 1.807) is 0 Å². The van der Waals surface area contributed by atoms with E-state index in [4.69, 9.17) is 61.6 Å². The topological polar surface area (TPSA) is 297 Å². The fourth-order valence-electron chi connectivity index (χ4n) is 5.96. The molecular weight excluding hydrogens is 764 g/mol. The molecule has 3 aliphatic rings. The van der Waals surface area contributed by atoms with Gasteiger partial charge in [0.2, 0.25) is 0 Å². The second-order valence-corrected chi connectivity index (χ2v) is 12.6. The van der Waals surface area contributed by atoms with Crippen LogP contribution in [0.3, 0.4) is 0 Å². The van der Waals surface area contributed by atoms with E-state index in [0.717, 1.165) is 55.4 Å². The van der Waals surface area contributed by atoms with Crippen molar-refractivity contribution in [1.29, 1.82) is 0 Å². The Morgan fingerprint density at radius 2 is 0.804 bits per heavy atom. The second-order valence-electron chi connectivity index (χ2n) is 12.6. The fraction of sp³-hybridized carbons (Fsp3) is 0.758. The smallest absolute Gasteiger partial charge is 0.303 e. The molecule has 0 aliphatic carbocycles. The zero-order valence-electron chi connectivity index (χ0n) is 31.7. The van der Waals surface area contributed by atoms with Crippen LogP contribution in [0.2, 0.25) is 0 Å². The molecule has 23 nitrogen and oxygen atoms in total. The molecule has 0 saturated carbocycles. The minimum absolute atomic E-state index is 0.589. The molecule has 3 rings (SSSR count). The molecule has 3 saturated heterocycles. The molecule has 0 aromatic rings. The SMILES string of the molecule is CC(=O)OC[C@H]1O[C@@H](O[C@@H]2[C@@H](O)[C@@H](O[C@@H]3O[C@H](COC(C)=O)[C@@H](OC(C)=O)[C@H](OC(C)=O)[C@H]3OC(C)=O)CO[C@H]2O)[C@H](OC(C)=O)[C@@H](OC(C)=O)[C@@H]1OC(C)=O. The van der Waals surface area contributed by atoms with E-state index >= 15 is 0 Å². The first-order valence-corrected chi connectivity index (χ1v) is 17.1. The van der Waals surface area contributed by atoms with Crippen molar-refractivity contribution in [3.8, 4) is 0 Å². The van der Waals surface area contributed by atoms with Crippen molar-refractivity contribution in [2.24, 2.45) is 0 Å². The highest BCUT2D eigenvalue weighted by Gasteiger charge is 2.57. The van der Waals surface area contributed by atoms with Gasteiger partial charge in [-0.2, -0.15) is 0 Å². The van der Waals surface area contributed by atoms with Crippen molar-refractivity contribution >= 4 is 47.8 Å². The van der Waals surface area contributed by atoms with Crippen molar-refractivity contribution < 1.29 is 110 Å². The summed E-state index contributed by atoms with van der Waals surface area (Å²) in [5.41, 5.74) is 0. The number of hydrogen-bond donors (Lipinski definition) is 2. The zero-order valence-corrected chi connectivity index (χ0v) is 31.7. The van der Waals surface area contributed by atoms with Crippen LogP contribution in [0.25, 0.3) is 0 Å². The number of ether oxygens (including phenoxy) is 13. The van der Waals surface area contributed by atoms with Crippen LogP contribution < -0.4 is 0 Å². The van der Waals surface area contributed by atoms with Crippen LogP contribution in [0.4, 0.5) is 0 Å². The van der Waals surface area contributed by atoms with E-state index in [1.807, 2.05) is 0 Å². The van der Waals surface area contributed by atoms with E-state index in [-0.39, 0.29) is 0 Å². The minimum Gasteiger partial charge on any atom is -0.463 e. The van der Waals surface area contributed by atoms with Crippen LogP contribution in [0.15, 0.2) is 0 Å². The molecule has 0 aromatic heterocycles. The van der Waals surface area contributed by atoms with Crippen molar-refractivity contribution in [3.63, 3.8) is 0 Å². The summed E-state index contributed by atoms with van der Waals surface area (Å²) >= 11 is 0. The van der Waals surface area contributed by atoms with Gasteiger partial charge in [-0.3, -0.25) is 38.4 Å². The highest BCUT2D eigenvalue weighted by molar-refractivity contribution is 5.70. The van der Waals surface area contributed by atoms with Gasteiger partial charge in [0.05, 0.1) is 6.61 Å². The van der Waals surface area contributed by atoms with Crippen molar-refractivity contribution in [2.75, 3.05) is 19.8 Å². The van der Waals surface area contributed by atoms with Gasteiger partial charge in [-0.15, -0.1) is 0 Å². The zero-order chi connectivity index (χ0) is 42.0. The molecule has 23 heteroatoms. The summed E-state index contributed by atoms with van der Waals surface area (Å²) in [6.07, 6.45) is -23.7. The van der Waals surface area contributed by atoms with E-state index in [2.05, 4.69) is 0 Å². The Labute approximate surface area is 319 Å². The van der Waals surface area contributed by atoms with Crippen LogP contribution in [0.1, 0.15) is 55.4 Å². The van der Waals surface area contributed by atoms with E-state index < -0.39 is 154 Å². The molecule has 14 atom stereocenters. The maximum absolute atomic E-state index is 12.3. The van der Waals surface area contributed by atoms with E-state index in [0.29, 0.717) is 0 Å². The maximum atomic E-state index is 12.3. The Hall–Kier alpha value is -4.52. The van der Waals surface area contributed by atoms with Gasteiger partial charge in [0, 0.05) is 55.4 Å². The summed E-state index contributed by atoms with van der Waals surface area (Å²) in [6.45, 7) is 6.40.